The van der Waals surface area contributed by atoms with Crippen LogP contribution in [-0.2, 0) is 4.79 Å². The number of nitrogens with zero attached hydrogens (tertiary/aromatic N) is 7. The predicted molar refractivity (Wildman–Crippen MR) is 159 cm³/mol. The van der Waals surface area contributed by atoms with E-state index in [4.69, 9.17) is 9.72 Å². The fourth-order valence-corrected chi connectivity index (χ4v) is 4.92. The zero-order chi connectivity index (χ0) is 28.5. The fourth-order valence-electron chi connectivity index (χ4n) is 4.92. The highest BCUT2D eigenvalue weighted by molar-refractivity contribution is 5.99. The second kappa shape index (κ2) is 10.7. The van der Waals surface area contributed by atoms with Crippen molar-refractivity contribution in [1.82, 2.24) is 28.8 Å². The maximum absolute atomic E-state index is 13.3. The van der Waals surface area contributed by atoms with Crippen LogP contribution in [0.3, 0.4) is 0 Å². The van der Waals surface area contributed by atoms with Crippen LogP contribution in [0.4, 0.5) is 23.0 Å². The lowest BCUT2D eigenvalue weighted by Gasteiger charge is -2.34. The van der Waals surface area contributed by atoms with Crippen LogP contribution in [0.5, 0.6) is 5.75 Å². The number of methoxy groups -OCH3 is 1. The van der Waals surface area contributed by atoms with E-state index >= 15 is 0 Å². The molecule has 12 nitrogen and oxygen atoms in total. The Morgan fingerprint density at radius 2 is 1.90 bits per heavy atom. The van der Waals surface area contributed by atoms with Crippen molar-refractivity contribution in [1.29, 1.82) is 0 Å². The van der Waals surface area contributed by atoms with Crippen LogP contribution in [0.25, 0.3) is 22.5 Å². The number of hydrogen-bond donors (Lipinski definition) is 2. The summed E-state index contributed by atoms with van der Waals surface area (Å²) in [4.78, 5) is 43.5. The van der Waals surface area contributed by atoms with Gasteiger partial charge in [-0.25, -0.2) is 9.97 Å². The van der Waals surface area contributed by atoms with Crippen LogP contribution in [0, 0.1) is 0 Å². The van der Waals surface area contributed by atoms with Crippen LogP contribution in [0.15, 0.2) is 78.5 Å². The molecule has 1 amide bonds. The first kappa shape index (κ1) is 26.0. The van der Waals surface area contributed by atoms with Crippen molar-refractivity contribution in [2.24, 2.45) is 0 Å². The van der Waals surface area contributed by atoms with Crippen molar-refractivity contribution in [3.8, 4) is 11.4 Å². The summed E-state index contributed by atoms with van der Waals surface area (Å²) in [6.45, 7) is 7.40. The number of hydrogen-bond acceptors (Lipinski definition) is 9. The molecule has 0 bridgehead atoms. The number of amides is 1. The molecule has 1 fully saturated rings. The lowest BCUT2D eigenvalue weighted by molar-refractivity contribution is -0.111. The largest absolute Gasteiger partial charge is 0.494 e. The minimum atomic E-state index is -0.334. The Hall–Kier alpha value is -5.23. The van der Waals surface area contributed by atoms with Gasteiger partial charge in [-0.3, -0.25) is 18.6 Å². The smallest absolute Gasteiger partial charge is 0.270 e. The summed E-state index contributed by atoms with van der Waals surface area (Å²) in [5.41, 5.74) is 3.04. The summed E-state index contributed by atoms with van der Waals surface area (Å²) >= 11 is 0. The van der Waals surface area contributed by atoms with Gasteiger partial charge in [0.25, 0.3) is 5.56 Å². The minimum Gasteiger partial charge on any atom is -0.494 e. The highest BCUT2D eigenvalue weighted by Gasteiger charge is 2.19. The average Bonchev–Trinajstić information content (AvgIpc) is 3.48. The number of anilines is 4. The summed E-state index contributed by atoms with van der Waals surface area (Å²) in [5, 5.41) is 6.32. The third-order valence-electron chi connectivity index (χ3n) is 7.11. The van der Waals surface area contributed by atoms with E-state index in [2.05, 4.69) is 44.0 Å². The van der Waals surface area contributed by atoms with Crippen molar-refractivity contribution in [3.63, 3.8) is 0 Å². The first-order valence-electron chi connectivity index (χ1n) is 13.1. The first-order chi connectivity index (χ1) is 19.9. The third-order valence-corrected chi connectivity index (χ3v) is 7.11. The Bertz CT molecular complexity index is 1840. The van der Waals surface area contributed by atoms with Gasteiger partial charge in [0, 0.05) is 62.2 Å². The lowest BCUT2D eigenvalue weighted by atomic mass is 10.2. The molecule has 0 atom stereocenters. The number of ether oxygens (including phenoxy) is 1. The van der Waals surface area contributed by atoms with Gasteiger partial charge in [-0.2, -0.15) is 4.98 Å². The molecule has 6 rings (SSSR count). The molecule has 2 aromatic carbocycles. The van der Waals surface area contributed by atoms with Crippen LogP contribution < -0.4 is 25.8 Å². The molecule has 1 saturated heterocycles. The van der Waals surface area contributed by atoms with Crippen molar-refractivity contribution in [2.45, 2.75) is 0 Å². The topological polar surface area (TPSA) is 122 Å². The van der Waals surface area contributed by atoms with Crippen molar-refractivity contribution in [2.75, 3.05) is 55.9 Å². The Kier molecular flexibility index (Phi) is 6.81. The average molecular weight is 552 g/mol. The Balaban J connectivity index is 1.42. The molecule has 5 aromatic rings. The quantitative estimate of drug-likeness (QED) is 0.294. The zero-order valence-corrected chi connectivity index (χ0v) is 22.7. The van der Waals surface area contributed by atoms with Gasteiger partial charge in [0.2, 0.25) is 17.6 Å². The normalized spacial score (nSPS) is 13.9. The molecule has 0 unspecified atom stereocenters. The van der Waals surface area contributed by atoms with Crippen LogP contribution in [0.1, 0.15) is 0 Å². The monoisotopic (exact) mass is 551 g/mol. The number of rotatable bonds is 7. The van der Waals surface area contributed by atoms with E-state index in [1.54, 1.807) is 42.3 Å². The maximum Gasteiger partial charge on any atom is 0.270 e. The van der Waals surface area contributed by atoms with Gasteiger partial charge in [-0.15, -0.1) is 0 Å². The Morgan fingerprint density at radius 1 is 1.07 bits per heavy atom. The van der Waals surface area contributed by atoms with E-state index in [9.17, 15) is 9.59 Å². The number of carbonyl (C=O) groups is 1. The zero-order valence-electron chi connectivity index (χ0n) is 22.7. The van der Waals surface area contributed by atoms with Gasteiger partial charge in [0.05, 0.1) is 18.5 Å². The van der Waals surface area contributed by atoms with Crippen LogP contribution in [0.2, 0.25) is 0 Å². The summed E-state index contributed by atoms with van der Waals surface area (Å²) in [5.74, 6) is 0.966. The van der Waals surface area contributed by atoms with Gasteiger partial charge in [0.1, 0.15) is 11.1 Å². The van der Waals surface area contributed by atoms with Crippen molar-refractivity contribution < 1.29 is 9.53 Å². The highest BCUT2D eigenvalue weighted by atomic mass is 16.5. The molecule has 1 aliphatic rings. The molecular weight excluding hydrogens is 522 g/mol. The summed E-state index contributed by atoms with van der Waals surface area (Å²) in [6.07, 6.45) is 5.84. The van der Waals surface area contributed by atoms with Crippen molar-refractivity contribution in [3.05, 3.63) is 84.1 Å². The van der Waals surface area contributed by atoms with Crippen molar-refractivity contribution >= 4 is 45.7 Å². The fraction of sp³-hybridized carbons (Fsp3) is 0.207. The molecule has 208 valence electrons. The molecule has 41 heavy (non-hydrogen) atoms. The van der Waals surface area contributed by atoms with Gasteiger partial charge < -0.3 is 25.2 Å². The van der Waals surface area contributed by atoms with Crippen LogP contribution >= 0.6 is 0 Å². The molecule has 3 aromatic heterocycles. The highest BCUT2D eigenvalue weighted by Crippen LogP contribution is 2.32. The molecule has 0 aliphatic carbocycles. The second-order valence-electron chi connectivity index (χ2n) is 9.71. The molecule has 4 heterocycles. The van der Waals surface area contributed by atoms with E-state index in [-0.39, 0.29) is 17.4 Å². The minimum absolute atomic E-state index is 0.281. The van der Waals surface area contributed by atoms with Gasteiger partial charge in [-0.1, -0.05) is 12.6 Å². The number of nitrogens with one attached hydrogen (secondary N) is 2. The van der Waals surface area contributed by atoms with Gasteiger partial charge in [-0.05, 0) is 43.5 Å². The lowest BCUT2D eigenvalue weighted by Crippen LogP contribution is -2.44. The molecular formula is C29H29N9O3. The second-order valence-corrected chi connectivity index (χ2v) is 9.71. The molecule has 12 heteroatoms. The summed E-state index contributed by atoms with van der Waals surface area (Å²) < 4.78 is 8.90. The number of likely N-dealkylation sites (N-methyl/N-ethyl adjacent to an activating group) is 1. The summed E-state index contributed by atoms with van der Waals surface area (Å²) in [7, 11) is 3.75. The number of fused-ring (bicyclic) bond motifs is 2. The molecule has 0 radical (unpaired) electrons. The number of imidazole rings is 1. The molecule has 2 N–H and O–H groups in total. The van der Waals surface area contributed by atoms with Crippen LogP contribution in [-0.4, -0.2) is 75.1 Å². The van der Waals surface area contributed by atoms with E-state index < -0.39 is 0 Å². The number of aromatic nitrogens is 5. The SMILES string of the molecule is C=CC(=O)Nc1cccc(-n2c3nc(Nc4ccc(N5CCN(C)CC5)cc4OC)ncc3c(=O)n3ccnc23)c1. The number of piperazine rings is 1. The number of benzene rings is 2. The molecule has 1 aliphatic heterocycles. The number of carbonyl (C=O) groups excluding carboxylic acids is 1. The maximum atomic E-state index is 13.3. The Morgan fingerprint density at radius 3 is 2.68 bits per heavy atom. The first-order valence-corrected chi connectivity index (χ1v) is 13.1. The molecule has 0 spiro atoms. The van der Waals surface area contributed by atoms with E-state index in [0.29, 0.717) is 39.6 Å². The van der Waals surface area contributed by atoms with E-state index in [1.165, 1.54) is 16.7 Å². The third kappa shape index (κ3) is 4.96. The predicted octanol–water partition coefficient (Wildman–Crippen LogP) is 3.06. The standard InChI is InChI=1S/C29H29N9O3/c1-4-25(39)32-19-6-5-7-21(16-19)38-26-22(27(40)37-11-10-30-29(37)38)18-31-28(34-26)33-23-9-8-20(17-24(23)41-3)36-14-12-35(2)13-15-36/h4-11,16-18H,1,12-15H2,2-3H3,(H,32,39)(H,31,33,34). The van der Waals surface area contributed by atoms with Gasteiger partial charge in [0.15, 0.2) is 5.65 Å². The van der Waals surface area contributed by atoms with E-state index in [0.717, 1.165) is 31.9 Å². The Labute approximate surface area is 235 Å². The molecule has 0 saturated carbocycles. The summed E-state index contributed by atoms with van der Waals surface area (Å²) in [6, 6.07) is 13.2. The van der Waals surface area contributed by atoms with E-state index in [1.807, 2.05) is 24.3 Å². The van der Waals surface area contributed by atoms with Gasteiger partial charge >= 0.3 is 0 Å².